The molecular formula is C15H19FN4O3S. The molecule has 7 nitrogen and oxygen atoms in total. The van der Waals surface area contributed by atoms with Crippen LogP contribution < -0.4 is 5.14 Å². The van der Waals surface area contributed by atoms with Gasteiger partial charge in [0.15, 0.2) is 0 Å². The molecule has 1 aromatic carbocycles. The Kier molecular flexibility index (Phi) is 4.55. The van der Waals surface area contributed by atoms with Crippen LogP contribution in [0.3, 0.4) is 0 Å². The monoisotopic (exact) mass is 354 g/mol. The summed E-state index contributed by atoms with van der Waals surface area (Å²) in [4.78, 5) is 21.6. The number of amides is 1. The second-order valence-corrected chi connectivity index (χ2v) is 7.73. The third kappa shape index (κ3) is 3.73. The van der Waals surface area contributed by atoms with Gasteiger partial charge < -0.3 is 9.88 Å². The Bertz CT molecular complexity index is 865. The van der Waals surface area contributed by atoms with Gasteiger partial charge in [0.05, 0.1) is 22.8 Å². The minimum atomic E-state index is -3.56. The van der Waals surface area contributed by atoms with Crippen molar-refractivity contribution in [3.05, 3.63) is 29.8 Å². The molecular weight excluding hydrogens is 335 g/mol. The van der Waals surface area contributed by atoms with Crippen LogP contribution in [0.15, 0.2) is 18.2 Å². The summed E-state index contributed by atoms with van der Waals surface area (Å²) in [6.07, 6.45) is 1.94. The lowest BCUT2D eigenvalue weighted by Crippen LogP contribution is -2.31. The van der Waals surface area contributed by atoms with E-state index >= 15 is 0 Å². The maximum absolute atomic E-state index is 13.3. The van der Waals surface area contributed by atoms with Gasteiger partial charge in [-0.1, -0.05) is 0 Å². The summed E-state index contributed by atoms with van der Waals surface area (Å²) >= 11 is 0. The third-order valence-electron chi connectivity index (χ3n) is 4.17. The topological polar surface area (TPSA) is 109 Å². The molecule has 2 heterocycles. The molecule has 1 fully saturated rings. The molecule has 0 unspecified atom stereocenters. The van der Waals surface area contributed by atoms with E-state index in [1.807, 2.05) is 0 Å². The zero-order valence-corrected chi connectivity index (χ0v) is 13.9. The van der Waals surface area contributed by atoms with E-state index in [0.717, 1.165) is 12.8 Å². The zero-order chi connectivity index (χ0) is 17.3. The van der Waals surface area contributed by atoms with Crippen molar-refractivity contribution in [3.8, 4) is 0 Å². The van der Waals surface area contributed by atoms with Crippen molar-refractivity contribution in [1.82, 2.24) is 14.9 Å². The molecule has 1 aromatic heterocycles. The van der Waals surface area contributed by atoms with Crippen LogP contribution in [0.5, 0.6) is 0 Å². The normalized spacial score (nSPS) is 18.4. The number of fused-ring (bicyclic) bond motifs is 1. The lowest BCUT2D eigenvalue weighted by atomic mass is 10.2. The Balaban J connectivity index is 1.73. The van der Waals surface area contributed by atoms with Crippen molar-refractivity contribution in [2.24, 2.45) is 5.14 Å². The Morgan fingerprint density at radius 1 is 1.46 bits per heavy atom. The molecule has 3 N–H and O–H groups in total. The number of nitrogens with two attached hydrogens (primary N) is 1. The molecule has 2 aromatic rings. The fourth-order valence-electron chi connectivity index (χ4n) is 3.08. The van der Waals surface area contributed by atoms with Crippen molar-refractivity contribution in [3.63, 3.8) is 0 Å². The average molecular weight is 354 g/mol. The summed E-state index contributed by atoms with van der Waals surface area (Å²) in [5, 5.41) is 4.95. The van der Waals surface area contributed by atoms with E-state index < -0.39 is 10.0 Å². The SMILES string of the molecule is NS(=O)(=O)CCCC(=O)N1CCC[C@H]1c1nc2ccc(F)cc2[nH]1. The fraction of sp³-hybridized carbons (Fsp3) is 0.467. The number of halogens is 1. The summed E-state index contributed by atoms with van der Waals surface area (Å²) in [7, 11) is -3.56. The van der Waals surface area contributed by atoms with E-state index in [4.69, 9.17) is 5.14 Å². The number of aromatic amines is 1. The minimum absolute atomic E-state index is 0.118. The maximum Gasteiger partial charge on any atom is 0.223 e. The van der Waals surface area contributed by atoms with Crippen LogP contribution in [0.1, 0.15) is 37.5 Å². The molecule has 0 spiro atoms. The van der Waals surface area contributed by atoms with Crippen LogP contribution in [0, 0.1) is 5.82 Å². The molecule has 0 aliphatic carbocycles. The van der Waals surface area contributed by atoms with Crippen LogP contribution >= 0.6 is 0 Å². The van der Waals surface area contributed by atoms with E-state index in [1.54, 1.807) is 11.0 Å². The number of hydrogen-bond donors (Lipinski definition) is 2. The van der Waals surface area contributed by atoms with Crippen molar-refractivity contribution in [1.29, 1.82) is 0 Å². The van der Waals surface area contributed by atoms with E-state index in [2.05, 4.69) is 9.97 Å². The highest BCUT2D eigenvalue weighted by Crippen LogP contribution is 2.32. The summed E-state index contributed by atoms with van der Waals surface area (Å²) < 4.78 is 35.2. The first-order valence-electron chi connectivity index (χ1n) is 7.78. The lowest BCUT2D eigenvalue weighted by molar-refractivity contribution is -0.132. The van der Waals surface area contributed by atoms with Gasteiger partial charge >= 0.3 is 0 Å². The molecule has 9 heteroatoms. The number of sulfonamides is 1. The quantitative estimate of drug-likeness (QED) is 0.846. The molecule has 130 valence electrons. The molecule has 1 saturated heterocycles. The predicted molar refractivity (Wildman–Crippen MR) is 86.9 cm³/mol. The Hall–Kier alpha value is -2.00. The molecule has 1 aliphatic heterocycles. The molecule has 1 aliphatic rings. The number of rotatable bonds is 5. The molecule has 0 saturated carbocycles. The van der Waals surface area contributed by atoms with Gasteiger partial charge in [-0.2, -0.15) is 0 Å². The molecule has 1 atom stereocenters. The van der Waals surface area contributed by atoms with Crippen molar-refractivity contribution in [2.75, 3.05) is 12.3 Å². The largest absolute Gasteiger partial charge is 0.340 e. The van der Waals surface area contributed by atoms with Gasteiger partial charge in [0, 0.05) is 13.0 Å². The highest BCUT2D eigenvalue weighted by Gasteiger charge is 2.31. The number of likely N-dealkylation sites (tertiary alicyclic amines) is 1. The van der Waals surface area contributed by atoms with E-state index in [9.17, 15) is 17.6 Å². The van der Waals surface area contributed by atoms with E-state index in [1.165, 1.54) is 12.1 Å². The highest BCUT2D eigenvalue weighted by molar-refractivity contribution is 7.89. The number of carbonyl (C=O) groups excluding carboxylic acids is 1. The summed E-state index contributed by atoms with van der Waals surface area (Å²) in [6, 6.07) is 4.12. The number of H-pyrrole nitrogens is 1. The number of aromatic nitrogens is 2. The van der Waals surface area contributed by atoms with Crippen molar-refractivity contribution < 1.29 is 17.6 Å². The number of imidazole rings is 1. The summed E-state index contributed by atoms with van der Waals surface area (Å²) in [5.41, 5.74) is 1.25. The van der Waals surface area contributed by atoms with Crippen LogP contribution in [0.2, 0.25) is 0 Å². The molecule has 3 rings (SSSR count). The second-order valence-electron chi connectivity index (χ2n) is 6.00. The van der Waals surface area contributed by atoms with Gasteiger partial charge in [-0.15, -0.1) is 0 Å². The van der Waals surface area contributed by atoms with Crippen LogP contribution in [-0.2, 0) is 14.8 Å². The number of hydrogen-bond acceptors (Lipinski definition) is 4. The number of carbonyl (C=O) groups is 1. The van der Waals surface area contributed by atoms with Gasteiger partial charge in [-0.25, -0.2) is 22.9 Å². The smallest absolute Gasteiger partial charge is 0.223 e. The van der Waals surface area contributed by atoms with Gasteiger partial charge in [0.1, 0.15) is 11.6 Å². The van der Waals surface area contributed by atoms with Crippen LogP contribution in [0.25, 0.3) is 11.0 Å². The maximum atomic E-state index is 13.3. The molecule has 24 heavy (non-hydrogen) atoms. The Morgan fingerprint density at radius 3 is 3.00 bits per heavy atom. The van der Waals surface area contributed by atoms with Gasteiger partial charge in [0.25, 0.3) is 0 Å². The van der Waals surface area contributed by atoms with Crippen molar-refractivity contribution >= 4 is 27.0 Å². The zero-order valence-electron chi connectivity index (χ0n) is 13.0. The first-order valence-corrected chi connectivity index (χ1v) is 9.50. The van der Waals surface area contributed by atoms with Crippen molar-refractivity contribution in [2.45, 2.75) is 31.7 Å². The second kappa shape index (κ2) is 6.48. The van der Waals surface area contributed by atoms with E-state index in [-0.39, 0.29) is 36.4 Å². The van der Waals surface area contributed by atoms with Gasteiger partial charge in [-0.3, -0.25) is 4.79 Å². The summed E-state index contributed by atoms with van der Waals surface area (Å²) in [6.45, 7) is 0.601. The summed E-state index contributed by atoms with van der Waals surface area (Å²) in [5.74, 6) is -0.0398. The third-order valence-corrected chi connectivity index (χ3v) is 5.03. The molecule has 0 radical (unpaired) electrons. The molecule has 1 amide bonds. The standard InChI is InChI=1S/C15H19FN4O3S/c16-10-5-6-11-12(9-10)19-15(18-11)13-3-1-7-20(13)14(21)4-2-8-24(17,22)23/h5-6,9,13H,1-4,7-8H2,(H,18,19)(H2,17,22,23)/t13-/m0/s1. The fourth-order valence-corrected chi connectivity index (χ4v) is 3.62. The van der Waals surface area contributed by atoms with Gasteiger partial charge in [0.2, 0.25) is 15.9 Å². The first kappa shape index (κ1) is 16.8. The Morgan fingerprint density at radius 2 is 2.25 bits per heavy atom. The highest BCUT2D eigenvalue weighted by atomic mass is 32.2. The number of primary sulfonamides is 1. The first-order chi connectivity index (χ1) is 11.3. The van der Waals surface area contributed by atoms with Crippen LogP contribution in [-0.4, -0.2) is 41.5 Å². The number of nitrogens with one attached hydrogen (secondary N) is 1. The molecule has 0 bridgehead atoms. The van der Waals surface area contributed by atoms with E-state index in [0.29, 0.717) is 23.4 Å². The lowest BCUT2D eigenvalue weighted by Gasteiger charge is -2.23. The predicted octanol–water partition coefficient (Wildman–Crippen LogP) is 1.43. The van der Waals surface area contributed by atoms with Crippen LogP contribution in [0.4, 0.5) is 4.39 Å². The Labute approximate surface area is 139 Å². The minimum Gasteiger partial charge on any atom is -0.340 e. The van der Waals surface area contributed by atoms with Gasteiger partial charge in [-0.05, 0) is 37.5 Å². The number of nitrogens with zero attached hydrogens (tertiary/aromatic N) is 2. The average Bonchev–Trinajstić information content (AvgIpc) is 3.11. The number of benzene rings is 1.